The lowest BCUT2D eigenvalue weighted by Gasteiger charge is -2.12. The van der Waals surface area contributed by atoms with Gasteiger partial charge in [0.15, 0.2) is 0 Å². The molecule has 1 unspecified atom stereocenters. The van der Waals surface area contributed by atoms with E-state index < -0.39 is 0 Å². The van der Waals surface area contributed by atoms with Gasteiger partial charge in [0.1, 0.15) is 0 Å². The molecule has 1 heteroatoms. The van der Waals surface area contributed by atoms with E-state index in [1.54, 1.807) is 0 Å². The second-order valence-electron chi connectivity index (χ2n) is 5.22. The highest BCUT2D eigenvalue weighted by Gasteiger charge is 2.02. The lowest BCUT2D eigenvalue weighted by molar-refractivity contribution is 0.733. The van der Waals surface area contributed by atoms with Crippen molar-refractivity contribution in [3.63, 3.8) is 0 Å². The fourth-order valence-corrected chi connectivity index (χ4v) is 2.17. The highest BCUT2D eigenvalue weighted by molar-refractivity contribution is 5.50. The Labute approximate surface area is 116 Å². The van der Waals surface area contributed by atoms with Gasteiger partial charge in [0.2, 0.25) is 0 Å². The first-order chi connectivity index (χ1) is 9.20. The molecule has 0 saturated carbocycles. The third kappa shape index (κ3) is 3.60. The standard InChI is InChI=1S/C18H23N/c1-4-14(2)17-11-9-16(10-12-17)13-19-18-8-6-5-7-15(18)3/h5-12,14,19H,4,13H2,1-3H3. The van der Waals surface area contributed by atoms with Crippen LogP contribution in [0.25, 0.3) is 0 Å². The van der Waals surface area contributed by atoms with Gasteiger partial charge < -0.3 is 5.32 Å². The molecule has 0 amide bonds. The van der Waals surface area contributed by atoms with E-state index in [0.717, 1.165) is 6.54 Å². The van der Waals surface area contributed by atoms with Gasteiger partial charge in [-0.1, -0.05) is 56.3 Å². The van der Waals surface area contributed by atoms with Crippen molar-refractivity contribution in [1.29, 1.82) is 0 Å². The van der Waals surface area contributed by atoms with Gasteiger partial charge in [0.05, 0.1) is 0 Å². The molecule has 100 valence electrons. The van der Waals surface area contributed by atoms with Crippen LogP contribution in [0.2, 0.25) is 0 Å². The zero-order valence-electron chi connectivity index (χ0n) is 12.1. The van der Waals surface area contributed by atoms with Gasteiger partial charge >= 0.3 is 0 Å². The van der Waals surface area contributed by atoms with Crippen molar-refractivity contribution in [2.45, 2.75) is 39.7 Å². The fraction of sp³-hybridized carbons (Fsp3) is 0.333. The topological polar surface area (TPSA) is 12.0 Å². The molecule has 0 aliphatic rings. The van der Waals surface area contributed by atoms with Crippen molar-refractivity contribution in [2.75, 3.05) is 5.32 Å². The van der Waals surface area contributed by atoms with Crippen molar-refractivity contribution < 1.29 is 0 Å². The van der Waals surface area contributed by atoms with Crippen LogP contribution in [-0.2, 0) is 6.54 Å². The second kappa shape index (κ2) is 6.42. The van der Waals surface area contributed by atoms with Crippen LogP contribution < -0.4 is 5.32 Å². The van der Waals surface area contributed by atoms with Crippen molar-refractivity contribution >= 4 is 5.69 Å². The molecule has 0 aliphatic carbocycles. The minimum Gasteiger partial charge on any atom is -0.381 e. The number of benzene rings is 2. The maximum absolute atomic E-state index is 3.49. The molecule has 2 rings (SSSR count). The van der Waals surface area contributed by atoms with Crippen molar-refractivity contribution in [3.05, 3.63) is 65.2 Å². The van der Waals surface area contributed by atoms with Crippen molar-refractivity contribution in [1.82, 2.24) is 0 Å². The Morgan fingerprint density at radius 1 is 1.00 bits per heavy atom. The highest BCUT2D eigenvalue weighted by Crippen LogP contribution is 2.19. The fourth-order valence-electron chi connectivity index (χ4n) is 2.17. The van der Waals surface area contributed by atoms with E-state index in [1.807, 2.05) is 0 Å². The summed E-state index contributed by atoms with van der Waals surface area (Å²) in [5, 5.41) is 3.49. The molecule has 19 heavy (non-hydrogen) atoms. The number of hydrogen-bond donors (Lipinski definition) is 1. The van der Waals surface area contributed by atoms with Gasteiger partial charge in [-0.3, -0.25) is 0 Å². The first-order valence-electron chi connectivity index (χ1n) is 7.09. The number of hydrogen-bond acceptors (Lipinski definition) is 1. The van der Waals surface area contributed by atoms with Crippen LogP contribution in [-0.4, -0.2) is 0 Å². The Kier molecular flexibility index (Phi) is 4.62. The quantitative estimate of drug-likeness (QED) is 0.779. The van der Waals surface area contributed by atoms with E-state index in [-0.39, 0.29) is 0 Å². The summed E-state index contributed by atoms with van der Waals surface area (Å²) in [6, 6.07) is 17.4. The van der Waals surface area contributed by atoms with E-state index in [2.05, 4.69) is 74.6 Å². The average Bonchev–Trinajstić information content (AvgIpc) is 2.46. The van der Waals surface area contributed by atoms with E-state index in [0.29, 0.717) is 5.92 Å². The summed E-state index contributed by atoms with van der Waals surface area (Å²) in [5.41, 5.74) is 5.27. The number of aryl methyl sites for hydroxylation is 1. The predicted octanol–water partition coefficient (Wildman–Crippen LogP) is 5.12. The Morgan fingerprint density at radius 3 is 2.32 bits per heavy atom. The maximum atomic E-state index is 3.49. The van der Waals surface area contributed by atoms with Crippen LogP contribution >= 0.6 is 0 Å². The molecular weight excluding hydrogens is 230 g/mol. The van der Waals surface area contributed by atoms with Crippen LogP contribution in [0.1, 0.15) is 42.9 Å². The number of anilines is 1. The maximum Gasteiger partial charge on any atom is 0.0400 e. The molecule has 2 aromatic rings. The predicted molar refractivity (Wildman–Crippen MR) is 83.7 cm³/mol. The van der Waals surface area contributed by atoms with Crippen LogP contribution in [0.4, 0.5) is 5.69 Å². The van der Waals surface area contributed by atoms with Crippen LogP contribution in [0.3, 0.4) is 0 Å². The van der Waals surface area contributed by atoms with E-state index >= 15 is 0 Å². The molecular formula is C18H23N. The van der Waals surface area contributed by atoms with Crippen LogP contribution in [0.5, 0.6) is 0 Å². The third-order valence-corrected chi connectivity index (χ3v) is 3.79. The Balaban J connectivity index is 1.99. The minimum absolute atomic E-state index is 0.651. The highest BCUT2D eigenvalue weighted by atomic mass is 14.9. The SMILES string of the molecule is CCC(C)c1ccc(CNc2ccccc2C)cc1. The van der Waals surface area contributed by atoms with Crippen molar-refractivity contribution in [3.8, 4) is 0 Å². The van der Waals surface area contributed by atoms with Gasteiger partial charge in [-0.15, -0.1) is 0 Å². The second-order valence-corrected chi connectivity index (χ2v) is 5.22. The van der Waals surface area contributed by atoms with Crippen molar-refractivity contribution in [2.24, 2.45) is 0 Å². The zero-order valence-corrected chi connectivity index (χ0v) is 12.1. The largest absolute Gasteiger partial charge is 0.381 e. The molecule has 0 radical (unpaired) electrons. The first-order valence-corrected chi connectivity index (χ1v) is 7.09. The molecule has 0 aromatic heterocycles. The van der Waals surface area contributed by atoms with Crippen LogP contribution in [0, 0.1) is 6.92 Å². The zero-order chi connectivity index (χ0) is 13.7. The molecule has 1 N–H and O–H groups in total. The Hall–Kier alpha value is -1.76. The van der Waals surface area contributed by atoms with Gasteiger partial charge in [-0.05, 0) is 42.0 Å². The average molecular weight is 253 g/mol. The summed E-state index contributed by atoms with van der Waals surface area (Å²) in [6.07, 6.45) is 1.20. The molecule has 1 atom stereocenters. The van der Waals surface area contributed by atoms with E-state index in [4.69, 9.17) is 0 Å². The van der Waals surface area contributed by atoms with Crippen LogP contribution in [0.15, 0.2) is 48.5 Å². The smallest absolute Gasteiger partial charge is 0.0400 e. The summed E-state index contributed by atoms with van der Waals surface area (Å²) >= 11 is 0. The minimum atomic E-state index is 0.651. The molecule has 0 heterocycles. The summed E-state index contributed by atoms with van der Waals surface area (Å²) in [6.45, 7) is 7.53. The van der Waals surface area contributed by atoms with Gasteiger partial charge in [0.25, 0.3) is 0 Å². The number of nitrogens with one attached hydrogen (secondary N) is 1. The normalized spacial score (nSPS) is 12.2. The summed E-state index contributed by atoms with van der Waals surface area (Å²) in [4.78, 5) is 0. The molecule has 2 aromatic carbocycles. The van der Waals surface area contributed by atoms with Gasteiger partial charge in [0, 0.05) is 12.2 Å². The lowest BCUT2D eigenvalue weighted by Crippen LogP contribution is -2.01. The number of para-hydroxylation sites is 1. The summed E-state index contributed by atoms with van der Waals surface area (Å²) in [5.74, 6) is 0.651. The molecule has 0 spiro atoms. The monoisotopic (exact) mass is 253 g/mol. The number of rotatable bonds is 5. The summed E-state index contributed by atoms with van der Waals surface area (Å²) in [7, 11) is 0. The van der Waals surface area contributed by atoms with E-state index in [1.165, 1.54) is 28.8 Å². The van der Waals surface area contributed by atoms with Gasteiger partial charge in [-0.2, -0.15) is 0 Å². The first kappa shape index (κ1) is 13.7. The Bertz CT molecular complexity index is 513. The molecule has 0 saturated heterocycles. The molecule has 0 aliphatic heterocycles. The molecule has 0 bridgehead atoms. The van der Waals surface area contributed by atoms with Gasteiger partial charge in [-0.25, -0.2) is 0 Å². The molecule has 0 fully saturated rings. The Morgan fingerprint density at radius 2 is 1.68 bits per heavy atom. The molecule has 1 nitrogen and oxygen atoms in total. The lowest BCUT2D eigenvalue weighted by atomic mass is 9.98. The van der Waals surface area contributed by atoms with E-state index in [9.17, 15) is 0 Å². The summed E-state index contributed by atoms with van der Waals surface area (Å²) < 4.78 is 0. The third-order valence-electron chi connectivity index (χ3n) is 3.79.